The van der Waals surface area contributed by atoms with E-state index in [2.05, 4.69) is 178 Å². The molecule has 9 aromatic rings. The first kappa shape index (κ1) is 29.5. The van der Waals surface area contributed by atoms with Crippen LogP contribution in [0.1, 0.15) is 25.0 Å². The number of rotatable bonds is 4. The number of hydrogen-bond acceptors (Lipinski definition) is 3. The van der Waals surface area contributed by atoms with Gasteiger partial charge < -0.3 is 0 Å². The molecular formula is C48H33N3. The maximum atomic E-state index is 5.23. The number of hydrogen-bond donors (Lipinski definition) is 0. The predicted octanol–water partition coefficient (Wildman–Crippen LogP) is 12.3. The Morgan fingerprint density at radius 1 is 0.353 bits per heavy atom. The summed E-state index contributed by atoms with van der Waals surface area (Å²) in [6.45, 7) is 4.70. The first-order valence-corrected chi connectivity index (χ1v) is 17.5. The van der Waals surface area contributed by atoms with Gasteiger partial charge in [-0.05, 0) is 71.8 Å². The average Bonchev–Trinajstić information content (AvgIpc) is 3.43. The monoisotopic (exact) mass is 651 g/mol. The van der Waals surface area contributed by atoms with E-state index < -0.39 is 0 Å². The Morgan fingerprint density at radius 2 is 0.784 bits per heavy atom. The van der Waals surface area contributed by atoms with E-state index in [1.807, 2.05) is 0 Å². The SMILES string of the molecule is CC1(C)c2ccccc2-c2cccc(-c3ccc4c(-c5nc(-c6cccc7ccccc67)nc(-c6cccc7ccccc67)n5)cccc4c3)c21. The van der Waals surface area contributed by atoms with Gasteiger partial charge in [0.1, 0.15) is 0 Å². The molecule has 0 radical (unpaired) electrons. The summed E-state index contributed by atoms with van der Waals surface area (Å²) in [7, 11) is 0. The molecule has 1 aliphatic carbocycles. The quantitative estimate of drug-likeness (QED) is 0.190. The van der Waals surface area contributed by atoms with E-state index in [0.717, 1.165) is 49.0 Å². The van der Waals surface area contributed by atoms with Gasteiger partial charge in [-0.2, -0.15) is 0 Å². The molecule has 0 N–H and O–H groups in total. The Labute approximate surface area is 297 Å². The van der Waals surface area contributed by atoms with Gasteiger partial charge in [-0.25, -0.2) is 15.0 Å². The molecule has 0 aliphatic heterocycles. The normalized spacial score (nSPS) is 13.1. The van der Waals surface area contributed by atoms with E-state index in [1.165, 1.54) is 33.4 Å². The molecule has 1 aliphatic rings. The molecule has 1 heterocycles. The molecule has 0 fully saturated rings. The van der Waals surface area contributed by atoms with Crippen molar-refractivity contribution in [3.63, 3.8) is 0 Å². The summed E-state index contributed by atoms with van der Waals surface area (Å²) in [6, 6.07) is 58.4. The molecule has 0 saturated carbocycles. The lowest BCUT2D eigenvalue weighted by Gasteiger charge is -2.24. The third-order valence-corrected chi connectivity index (χ3v) is 10.7. The molecule has 1 aromatic heterocycles. The second-order valence-corrected chi connectivity index (χ2v) is 14.0. The van der Waals surface area contributed by atoms with Gasteiger partial charge in [-0.15, -0.1) is 0 Å². The zero-order valence-electron chi connectivity index (χ0n) is 28.4. The zero-order chi connectivity index (χ0) is 34.1. The first-order valence-electron chi connectivity index (χ1n) is 17.5. The van der Waals surface area contributed by atoms with Crippen LogP contribution >= 0.6 is 0 Å². The lowest BCUT2D eigenvalue weighted by molar-refractivity contribution is 0.662. The van der Waals surface area contributed by atoms with Crippen LogP contribution in [-0.2, 0) is 5.41 Å². The Hall–Kier alpha value is -6.45. The van der Waals surface area contributed by atoms with Crippen molar-refractivity contribution in [2.24, 2.45) is 0 Å². The van der Waals surface area contributed by atoms with Gasteiger partial charge in [0.2, 0.25) is 0 Å². The molecule has 240 valence electrons. The van der Waals surface area contributed by atoms with Crippen molar-refractivity contribution in [2.45, 2.75) is 19.3 Å². The Bertz CT molecular complexity index is 2740. The first-order chi connectivity index (χ1) is 25.0. The highest BCUT2D eigenvalue weighted by Gasteiger charge is 2.37. The second kappa shape index (κ2) is 11.3. The van der Waals surface area contributed by atoms with Crippen LogP contribution in [0.4, 0.5) is 0 Å². The van der Waals surface area contributed by atoms with Crippen molar-refractivity contribution in [3.05, 3.63) is 175 Å². The van der Waals surface area contributed by atoms with E-state index >= 15 is 0 Å². The minimum absolute atomic E-state index is 0.0970. The third kappa shape index (κ3) is 4.62. The van der Waals surface area contributed by atoms with Crippen molar-refractivity contribution in [2.75, 3.05) is 0 Å². The number of nitrogens with zero attached hydrogens (tertiary/aromatic N) is 3. The van der Waals surface area contributed by atoms with Gasteiger partial charge in [0.15, 0.2) is 17.5 Å². The molecule has 0 spiro atoms. The smallest absolute Gasteiger partial charge is 0.164 e. The van der Waals surface area contributed by atoms with Crippen molar-refractivity contribution in [3.8, 4) is 56.4 Å². The largest absolute Gasteiger partial charge is 0.208 e. The molecular weight excluding hydrogens is 619 g/mol. The molecule has 0 atom stereocenters. The van der Waals surface area contributed by atoms with Crippen LogP contribution in [0.3, 0.4) is 0 Å². The minimum atomic E-state index is -0.0970. The highest BCUT2D eigenvalue weighted by atomic mass is 15.0. The molecule has 3 nitrogen and oxygen atoms in total. The predicted molar refractivity (Wildman–Crippen MR) is 212 cm³/mol. The standard InChI is InChI=1S/C48H33N3/c1-48(2)43-26-8-7-20-38(43)39-22-12-21-37(44(39)48)33-27-28-36-32(29-33)17-11-25-42(36)47-50-45(40-23-9-15-30-13-3-5-18-34(30)40)49-46(51-47)41-24-10-16-31-14-4-6-19-35(31)41/h3-29H,1-2H3. The highest BCUT2D eigenvalue weighted by Crippen LogP contribution is 2.52. The van der Waals surface area contributed by atoms with Gasteiger partial charge >= 0.3 is 0 Å². The van der Waals surface area contributed by atoms with Crippen LogP contribution in [0, 0.1) is 0 Å². The lowest BCUT2D eigenvalue weighted by Crippen LogP contribution is -2.16. The molecule has 0 amide bonds. The zero-order valence-corrected chi connectivity index (χ0v) is 28.4. The number of aromatic nitrogens is 3. The van der Waals surface area contributed by atoms with Crippen LogP contribution < -0.4 is 0 Å². The van der Waals surface area contributed by atoms with Crippen LogP contribution in [0.25, 0.3) is 88.7 Å². The van der Waals surface area contributed by atoms with Gasteiger partial charge in [0.25, 0.3) is 0 Å². The third-order valence-electron chi connectivity index (χ3n) is 10.7. The molecule has 51 heavy (non-hydrogen) atoms. The van der Waals surface area contributed by atoms with E-state index in [9.17, 15) is 0 Å². The lowest BCUT2D eigenvalue weighted by atomic mass is 9.78. The maximum absolute atomic E-state index is 5.23. The Morgan fingerprint density at radius 3 is 1.41 bits per heavy atom. The highest BCUT2D eigenvalue weighted by molar-refractivity contribution is 6.01. The fraction of sp³-hybridized carbons (Fsp3) is 0.0625. The Kier molecular flexibility index (Phi) is 6.53. The van der Waals surface area contributed by atoms with Crippen molar-refractivity contribution in [1.82, 2.24) is 15.0 Å². The second-order valence-electron chi connectivity index (χ2n) is 14.0. The fourth-order valence-electron chi connectivity index (χ4n) is 8.31. The molecule has 10 rings (SSSR count). The van der Waals surface area contributed by atoms with E-state index in [1.54, 1.807) is 0 Å². The summed E-state index contributed by atoms with van der Waals surface area (Å²) in [5, 5.41) is 6.79. The summed E-state index contributed by atoms with van der Waals surface area (Å²) >= 11 is 0. The van der Waals surface area contributed by atoms with E-state index in [-0.39, 0.29) is 5.41 Å². The number of benzene rings is 8. The fourth-order valence-corrected chi connectivity index (χ4v) is 8.31. The maximum Gasteiger partial charge on any atom is 0.164 e. The topological polar surface area (TPSA) is 38.7 Å². The summed E-state index contributed by atoms with van der Waals surface area (Å²) in [5.74, 6) is 1.98. The van der Waals surface area contributed by atoms with Gasteiger partial charge in [0.05, 0.1) is 0 Å². The minimum Gasteiger partial charge on any atom is -0.208 e. The van der Waals surface area contributed by atoms with Gasteiger partial charge in [-0.1, -0.05) is 172 Å². The van der Waals surface area contributed by atoms with Crippen LogP contribution in [-0.4, -0.2) is 15.0 Å². The molecule has 0 unspecified atom stereocenters. The van der Waals surface area contributed by atoms with Crippen LogP contribution in [0.5, 0.6) is 0 Å². The summed E-state index contributed by atoms with van der Waals surface area (Å²) in [6.07, 6.45) is 0. The number of fused-ring (bicyclic) bond motifs is 6. The molecule has 3 heteroatoms. The van der Waals surface area contributed by atoms with Gasteiger partial charge in [-0.3, -0.25) is 0 Å². The van der Waals surface area contributed by atoms with Crippen LogP contribution in [0.15, 0.2) is 164 Å². The summed E-state index contributed by atoms with van der Waals surface area (Å²) < 4.78 is 0. The van der Waals surface area contributed by atoms with Crippen molar-refractivity contribution in [1.29, 1.82) is 0 Å². The van der Waals surface area contributed by atoms with Gasteiger partial charge in [0, 0.05) is 22.1 Å². The van der Waals surface area contributed by atoms with E-state index in [4.69, 9.17) is 15.0 Å². The average molecular weight is 652 g/mol. The van der Waals surface area contributed by atoms with Crippen molar-refractivity contribution < 1.29 is 0 Å². The summed E-state index contributed by atoms with van der Waals surface area (Å²) in [5.41, 5.74) is 10.8. The molecule has 0 saturated heterocycles. The summed E-state index contributed by atoms with van der Waals surface area (Å²) in [4.78, 5) is 15.6. The Balaban J connectivity index is 1.17. The van der Waals surface area contributed by atoms with Crippen molar-refractivity contribution >= 4 is 32.3 Å². The van der Waals surface area contributed by atoms with Crippen LogP contribution in [0.2, 0.25) is 0 Å². The van der Waals surface area contributed by atoms with E-state index in [0.29, 0.717) is 17.5 Å². The molecule has 0 bridgehead atoms. The molecule has 8 aromatic carbocycles.